The van der Waals surface area contributed by atoms with Gasteiger partial charge in [0.25, 0.3) is 0 Å². The molecule has 0 amide bonds. The molecule has 18 heavy (non-hydrogen) atoms. The third-order valence-electron chi connectivity index (χ3n) is 3.39. The van der Waals surface area contributed by atoms with Gasteiger partial charge in [-0.05, 0) is 24.2 Å². The summed E-state index contributed by atoms with van der Waals surface area (Å²) in [5.41, 5.74) is -0.256. The number of rotatable bonds is 3. The summed E-state index contributed by atoms with van der Waals surface area (Å²) < 4.78 is 10.5. The second-order valence-electron chi connectivity index (χ2n) is 4.35. The molecule has 1 atom stereocenters. The summed E-state index contributed by atoms with van der Waals surface area (Å²) in [6.07, 6.45) is 2.39. The predicted octanol–water partition coefficient (Wildman–Crippen LogP) is 2.58. The normalized spacial score (nSPS) is 24.3. The summed E-state index contributed by atoms with van der Waals surface area (Å²) in [5.74, 6) is -1.13. The van der Waals surface area contributed by atoms with Gasteiger partial charge < -0.3 is 9.47 Å². The second kappa shape index (κ2) is 5.69. The van der Waals surface area contributed by atoms with Crippen molar-refractivity contribution in [3.8, 4) is 0 Å². The molecule has 0 spiro atoms. The number of hydrogen-bond acceptors (Lipinski definition) is 4. The molecule has 1 aliphatic carbocycles. The summed E-state index contributed by atoms with van der Waals surface area (Å²) in [4.78, 5) is 23.9. The summed E-state index contributed by atoms with van der Waals surface area (Å²) in [6.45, 7) is 5.64. The smallest absolute Gasteiger partial charge is 0.323 e. The lowest BCUT2D eigenvalue weighted by Gasteiger charge is -2.22. The molecule has 0 bridgehead atoms. The number of hydrogen-bond donors (Lipinski definition) is 0. The van der Waals surface area contributed by atoms with Gasteiger partial charge in [0.05, 0.1) is 14.2 Å². The SMILES string of the molecule is C=CC1CC(C(=O)OC)(C(=O)OC)C/C1=C(/C)Br. The Hall–Kier alpha value is -1.10. The van der Waals surface area contributed by atoms with Gasteiger partial charge in [0, 0.05) is 5.92 Å². The van der Waals surface area contributed by atoms with Crippen LogP contribution in [0.4, 0.5) is 0 Å². The Bertz CT molecular complexity index is 391. The van der Waals surface area contributed by atoms with E-state index in [1.54, 1.807) is 6.08 Å². The highest BCUT2D eigenvalue weighted by Gasteiger charge is 2.55. The van der Waals surface area contributed by atoms with Crippen molar-refractivity contribution in [3.63, 3.8) is 0 Å². The van der Waals surface area contributed by atoms with E-state index in [4.69, 9.17) is 9.47 Å². The zero-order valence-electron chi connectivity index (χ0n) is 10.8. The van der Waals surface area contributed by atoms with E-state index >= 15 is 0 Å². The van der Waals surface area contributed by atoms with Crippen LogP contribution >= 0.6 is 15.9 Å². The third-order valence-corrected chi connectivity index (χ3v) is 3.90. The average molecular weight is 317 g/mol. The maximum absolute atomic E-state index is 12.0. The van der Waals surface area contributed by atoms with Gasteiger partial charge in [0.2, 0.25) is 0 Å². The van der Waals surface area contributed by atoms with E-state index in [-0.39, 0.29) is 5.92 Å². The number of ether oxygens (including phenoxy) is 2. The van der Waals surface area contributed by atoms with Gasteiger partial charge >= 0.3 is 11.9 Å². The minimum Gasteiger partial charge on any atom is -0.468 e. The van der Waals surface area contributed by atoms with Crippen LogP contribution in [0.2, 0.25) is 0 Å². The van der Waals surface area contributed by atoms with E-state index in [0.29, 0.717) is 12.8 Å². The first-order chi connectivity index (χ1) is 8.42. The molecular formula is C13H17BrO4. The van der Waals surface area contributed by atoms with Gasteiger partial charge in [-0.1, -0.05) is 27.6 Å². The largest absolute Gasteiger partial charge is 0.468 e. The van der Waals surface area contributed by atoms with Crippen LogP contribution in [0.25, 0.3) is 0 Å². The molecule has 5 heteroatoms. The van der Waals surface area contributed by atoms with Gasteiger partial charge in [0.15, 0.2) is 5.41 Å². The Morgan fingerprint density at radius 3 is 2.17 bits per heavy atom. The van der Waals surface area contributed by atoms with E-state index in [1.165, 1.54) is 14.2 Å². The van der Waals surface area contributed by atoms with Crippen molar-refractivity contribution in [3.05, 3.63) is 22.7 Å². The van der Waals surface area contributed by atoms with Crippen molar-refractivity contribution in [2.75, 3.05) is 14.2 Å². The number of carbonyl (C=O) groups is 2. The van der Waals surface area contributed by atoms with Crippen LogP contribution in [0.15, 0.2) is 22.7 Å². The zero-order valence-corrected chi connectivity index (χ0v) is 12.4. The highest BCUT2D eigenvalue weighted by molar-refractivity contribution is 9.11. The first kappa shape index (κ1) is 15.0. The minimum atomic E-state index is -1.24. The molecule has 1 aliphatic rings. The molecular weight excluding hydrogens is 300 g/mol. The van der Waals surface area contributed by atoms with Crippen LogP contribution in [0.3, 0.4) is 0 Å². The van der Waals surface area contributed by atoms with Crippen molar-refractivity contribution in [2.45, 2.75) is 19.8 Å². The van der Waals surface area contributed by atoms with Crippen LogP contribution in [-0.4, -0.2) is 26.2 Å². The monoisotopic (exact) mass is 316 g/mol. The van der Waals surface area contributed by atoms with Crippen LogP contribution in [0.1, 0.15) is 19.8 Å². The lowest BCUT2D eigenvalue weighted by Crippen LogP contribution is -2.39. The van der Waals surface area contributed by atoms with Gasteiger partial charge in [0.1, 0.15) is 0 Å². The summed E-state index contributed by atoms with van der Waals surface area (Å²) in [6, 6.07) is 0. The first-order valence-electron chi connectivity index (χ1n) is 5.57. The van der Waals surface area contributed by atoms with Crippen molar-refractivity contribution in [2.24, 2.45) is 11.3 Å². The molecule has 1 rings (SSSR count). The maximum atomic E-state index is 12.0. The molecule has 1 fully saturated rings. The van der Waals surface area contributed by atoms with E-state index in [1.807, 2.05) is 6.92 Å². The fourth-order valence-corrected chi connectivity index (χ4v) is 2.85. The van der Waals surface area contributed by atoms with Crippen LogP contribution in [0.5, 0.6) is 0 Å². The van der Waals surface area contributed by atoms with Crippen LogP contribution in [0, 0.1) is 11.3 Å². The van der Waals surface area contributed by atoms with Crippen molar-refractivity contribution in [1.29, 1.82) is 0 Å². The number of allylic oxidation sites excluding steroid dienone is 3. The molecule has 0 saturated heterocycles. The molecule has 0 aromatic rings. The molecule has 100 valence electrons. The van der Waals surface area contributed by atoms with Crippen molar-refractivity contribution in [1.82, 2.24) is 0 Å². The van der Waals surface area contributed by atoms with Crippen molar-refractivity contribution < 1.29 is 19.1 Å². The first-order valence-corrected chi connectivity index (χ1v) is 6.36. The number of methoxy groups -OCH3 is 2. The third kappa shape index (κ3) is 2.36. The van der Waals surface area contributed by atoms with E-state index in [9.17, 15) is 9.59 Å². The number of halogens is 1. The Morgan fingerprint density at radius 2 is 1.89 bits per heavy atom. The predicted molar refractivity (Wildman–Crippen MR) is 71.0 cm³/mol. The van der Waals surface area contributed by atoms with Crippen LogP contribution < -0.4 is 0 Å². The number of esters is 2. The van der Waals surface area contributed by atoms with E-state index in [0.717, 1.165) is 10.1 Å². The van der Waals surface area contributed by atoms with E-state index < -0.39 is 17.4 Å². The standard InChI is InChI=1S/C13H17BrO4/c1-5-9-6-13(11(15)17-3,12(16)18-4)7-10(9)8(2)14/h5,9H,1,6-7H2,2-4H3/b10-8+. The Kier molecular flexibility index (Phi) is 4.73. The molecule has 0 heterocycles. The summed E-state index contributed by atoms with van der Waals surface area (Å²) in [7, 11) is 2.55. The molecule has 1 saturated carbocycles. The summed E-state index contributed by atoms with van der Waals surface area (Å²) >= 11 is 3.40. The maximum Gasteiger partial charge on any atom is 0.323 e. The van der Waals surface area contributed by atoms with Crippen LogP contribution in [-0.2, 0) is 19.1 Å². The molecule has 0 aromatic carbocycles. The van der Waals surface area contributed by atoms with Crippen molar-refractivity contribution >= 4 is 27.9 Å². The molecule has 0 aliphatic heterocycles. The lowest BCUT2D eigenvalue weighted by atomic mass is 9.85. The Labute approximate surface area is 115 Å². The second-order valence-corrected chi connectivity index (χ2v) is 5.54. The Morgan fingerprint density at radius 1 is 1.39 bits per heavy atom. The highest BCUT2D eigenvalue weighted by Crippen LogP contribution is 2.49. The minimum absolute atomic E-state index is 0.0254. The average Bonchev–Trinajstić information content (AvgIpc) is 2.77. The fraction of sp³-hybridized carbons (Fsp3) is 0.538. The molecule has 4 nitrogen and oxygen atoms in total. The van der Waals surface area contributed by atoms with Gasteiger partial charge in [-0.3, -0.25) is 9.59 Å². The molecule has 1 unspecified atom stereocenters. The topological polar surface area (TPSA) is 52.6 Å². The highest BCUT2D eigenvalue weighted by atomic mass is 79.9. The fourth-order valence-electron chi connectivity index (χ4n) is 2.41. The zero-order chi connectivity index (χ0) is 13.9. The molecule has 0 radical (unpaired) electrons. The number of carbonyl (C=O) groups excluding carboxylic acids is 2. The lowest BCUT2D eigenvalue weighted by molar-refractivity contribution is -0.168. The van der Waals surface area contributed by atoms with Gasteiger partial charge in [-0.25, -0.2) is 0 Å². The Balaban J connectivity index is 3.25. The van der Waals surface area contributed by atoms with E-state index in [2.05, 4.69) is 22.5 Å². The molecule has 0 aromatic heterocycles. The quantitative estimate of drug-likeness (QED) is 0.456. The summed E-state index contributed by atoms with van der Waals surface area (Å²) in [5, 5.41) is 0. The van der Waals surface area contributed by atoms with Gasteiger partial charge in [-0.2, -0.15) is 0 Å². The van der Waals surface area contributed by atoms with Gasteiger partial charge in [-0.15, -0.1) is 6.58 Å². The molecule has 0 N–H and O–H groups in total.